The molecule has 2 nitrogen and oxygen atoms in total. The van der Waals surface area contributed by atoms with Crippen molar-refractivity contribution < 1.29 is 22.0 Å². The third-order valence-corrected chi connectivity index (χ3v) is 4.32. The summed E-state index contributed by atoms with van der Waals surface area (Å²) in [7, 11) is 0. The molecule has 0 saturated carbocycles. The number of halogens is 7. The highest BCUT2D eigenvalue weighted by Gasteiger charge is 2.34. The van der Waals surface area contributed by atoms with Gasteiger partial charge in [-0.25, -0.2) is 8.78 Å². The predicted octanol–water partition coefficient (Wildman–Crippen LogP) is 4.44. The number of hydrogen-bond donors (Lipinski definition) is 1. The van der Waals surface area contributed by atoms with E-state index in [1.807, 2.05) is 0 Å². The van der Waals surface area contributed by atoms with E-state index in [-0.39, 0.29) is 28.9 Å². The van der Waals surface area contributed by atoms with Crippen LogP contribution in [0.3, 0.4) is 0 Å². The summed E-state index contributed by atoms with van der Waals surface area (Å²) in [5.74, 6) is -1.64. The molecule has 0 bridgehead atoms. The fraction of sp³-hybridized carbons (Fsp3) is 0.571. The van der Waals surface area contributed by atoms with Gasteiger partial charge < -0.3 is 5.32 Å². The first-order valence-electron chi connectivity index (χ1n) is 6.94. The zero-order valence-corrected chi connectivity index (χ0v) is 14.5. The van der Waals surface area contributed by atoms with Gasteiger partial charge in [-0.3, -0.25) is 4.90 Å². The second-order valence-corrected chi connectivity index (χ2v) is 6.07. The Bertz CT molecular complexity index is 521. The Kier molecular flexibility index (Phi) is 7.70. The molecule has 1 aliphatic heterocycles. The monoisotopic (exact) mass is 422 g/mol. The lowest BCUT2D eigenvalue weighted by Gasteiger charge is -2.35. The van der Waals surface area contributed by atoms with Crippen molar-refractivity contribution >= 4 is 28.3 Å². The molecule has 2 rings (SSSR count). The highest BCUT2D eigenvalue weighted by molar-refractivity contribution is 9.10. The lowest BCUT2D eigenvalue weighted by Crippen LogP contribution is -2.45. The van der Waals surface area contributed by atoms with Gasteiger partial charge in [0.1, 0.15) is 11.6 Å². The third kappa shape index (κ3) is 5.55. The van der Waals surface area contributed by atoms with Crippen LogP contribution in [0.25, 0.3) is 0 Å². The topological polar surface area (TPSA) is 15.3 Å². The van der Waals surface area contributed by atoms with Gasteiger partial charge in [0.15, 0.2) is 0 Å². The van der Waals surface area contributed by atoms with Crippen LogP contribution in [0, 0.1) is 11.6 Å². The van der Waals surface area contributed by atoms with Crippen LogP contribution in [0.4, 0.5) is 22.0 Å². The van der Waals surface area contributed by atoms with E-state index in [1.54, 1.807) is 4.90 Å². The molecule has 1 fully saturated rings. The smallest absolute Gasteiger partial charge is 0.314 e. The summed E-state index contributed by atoms with van der Waals surface area (Å²) < 4.78 is 66.1. The Morgan fingerprint density at radius 3 is 2.35 bits per heavy atom. The number of hydrogen-bond acceptors (Lipinski definition) is 2. The van der Waals surface area contributed by atoms with E-state index in [0.29, 0.717) is 26.2 Å². The van der Waals surface area contributed by atoms with E-state index < -0.39 is 30.3 Å². The van der Waals surface area contributed by atoms with Crippen molar-refractivity contribution in [3.8, 4) is 0 Å². The third-order valence-electron chi connectivity index (χ3n) is 3.71. The maximum atomic E-state index is 14.3. The Morgan fingerprint density at radius 2 is 1.78 bits per heavy atom. The molecule has 1 atom stereocenters. The molecule has 0 unspecified atom stereocenters. The summed E-state index contributed by atoms with van der Waals surface area (Å²) in [5, 5.41) is 3.07. The first-order chi connectivity index (χ1) is 10.3. The standard InChI is InChI=1S/C14H16BrF5N2.ClH/c15-9-1-2-10(16)12(13(9)17)11(3-4-14(18,19)20)22-7-5-21-6-8-22;/h1-2,11,21H,3-8H2;1H/t11-;/m0./s1. The second-order valence-electron chi connectivity index (χ2n) is 5.21. The summed E-state index contributed by atoms with van der Waals surface area (Å²) in [6, 6.07) is 1.36. The maximum absolute atomic E-state index is 14.3. The molecule has 0 aromatic heterocycles. The van der Waals surface area contributed by atoms with Crippen molar-refractivity contribution in [1.29, 1.82) is 0 Å². The Balaban J connectivity index is 0.00000264. The van der Waals surface area contributed by atoms with Gasteiger partial charge in [0.05, 0.1) is 4.47 Å². The van der Waals surface area contributed by atoms with Gasteiger partial charge in [-0.15, -0.1) is 12.4 Å². The van der Waals surface area contributed by atoms with E-state index in [0.717, 1.165) is 6.07 Å². The van der Waals surface area contributed by atoms with Gasteiger partial charge in [0.25, 0.3) is 0 Å². The molecule has 23 heavy (non-hydrogen) atoms. The van der Waals surface area contributed by atoms with Crippen LogP contribution in [0.15, 0.2) is 16.6 Å². The van der Waals surface area contributed by atoms with Gasteiger partial charge in [-0.1, -0.05) is 0 Å². The van der Waals surface area contributed by atoms with Gasteiger partial charge in [-0.2, -0.15) is 13.2 Å². The fourth-order valence-electron chi connectivity index (χ4n) is 2.65. The van der Waals surface area contributed by atoms with Crippen LogP contribution in [-0.2, 0) is 0 Å². The van der Waals surface area contributed by atoms with Crippen LogP contribution in [-0.4, -0.2) is 37.3 Å². The lowest BCUT2D eigenvalue weighted by molar-refractivity contribution is -0.138. The molecule has 1 heterocycles. The van der Waals surface area contributed by atoms with Crippen LogP contribution in [0.5, 0.6) is 0 Å². The number of rotatable bonds is 4. The van der Waals surface area contributed by atoms with Crippen molar-refractivity contribution in [2.24, 2.45) is 0 Å². The molecule has 1 N–H and O–H groups in total. The van der Waals surface area contributed by atoms with E-state index in [1.165, 1.54) is 6.07 Å². The Morgan fingerprint density at radius 1 is 1.17 bits per heavy atom. The van der Waals surface area contributed by atoms with Crippen LogP contribution >= 0.6 is 28.3 Å². The van der Waals surface area contributed by atoms with E-state index in [9.17, 15) is 22.0 Å². The molecule has 0 aliphatic carbocycles. The average Bonchev–Trinajstić information content (AvgIpc) is 2.46. The van der Waals surface area contributed by atoms with E-state index in [2.05, 4.69) is 21.2 Å². The zero-order valence-electron chi connectivity index (χ0n) is 12.1. The molecular formula is C14H17BrClF5N2. The summed E-state index contributed by atoms with van der Waals surface area (Å²) in [6.07, 6.45) is -5.80. The molecule has 0 spiro atoms. The van der Waals surface area contributed by atoms with Crippen LogP contribution in [0.1, 0.15) is 24.4 Å². The van der Waals surface area contributed by atoms with Gasteiger partial charge in [0.2, 0.25) is 0 Å². The van der Waals surface area contributed by atoms with Crippen molar-refractivity contribution in [2.45, 2.75) is 25.1 Å². The SMILES string of the molecule is Cl.Fc1ccc(Br)c(F)c1[C@H](CCC(F)(F)F)N1CCNCC1. The Hall–Kier alpha value is -0.440. The lowest BCUT2D eigenvalue weighted by atomic mass is 9.98. The highest BCUT2D eigenvalue weighted by Crippen LogP contribution is 2.36. The maximum Gasteiger partial charge on any atom is 0.389 e. The van der Waals surface area contributed by atoms with Crippen molar-refractivity contribution in [3.63, 3.8) is 0 Å². The minimum atomic E-state index is -4.36. The highest BCUT2D eigenvalue weighted by atomic mass is 79.9. The number of nitrogens with one attached hydrogen (secondary N) is 1. The zero-order chi connectivity index (χ0) is 16.3. The quantitative estimate of drug-likeness (QED) is 0.569. The van der Waals surface area contributed by atoms with Gasteiger partial charge >= 0.3 is 6.18 Å². The predicted molar refractivity (Wildman–Crippen MR) is 83.8 cm³/mol. The molecule has 1 saturated heterocycles. The summed E-state index contributed by atoms with van der Waals surface area (Å²) >= 11 is 2.97. The van der Waals surface area contributed by atoms with E-state index >= 15 is 0 Å². The number of nitrogens with zero attached hydrogens (tertiary/aromatic N) is 1. The first-order valence-corrected chi connectivity index (χ1v) is 7.74. The molecule has 9 heteroatoms. The summed E-state index contributed by atoms with van der Waals surface area (Å²) in [4.78, 5) is 1.70. The van der Waals surface area contributed by atoms with Gasteiger partial charge in [0, 0.05) is 44.2 Å². The molecule has 1 aromatic carbocycles. The summed E-state index contributed by atoms with van der Waals surface area (Å²) in [5.41, 5.74) is -0.291. The van der Waals surface area contributed by atoms with Crippen molar-refractivity contribution in [3.05, 3.63) is 33.8 Å². The number of alkyl halides is 3. The molecule has 132 valence electrons. The fourth-order valence-corrected chi connectivity index (χ4v) is 3.00. The van der Waals surface area contributed by atoms with Crippen molar-refractivity contribution in [1.82, 2.24) is 10.2 Å². The molecule has 0 amide bonds. The minimum Gasteiger partial charge on any atom is -0.314 e. The van der Waals surface area contributed by atoms with Gasteiger partial charge in [-0.05, 0) is 34.5 Å². The number of benzene rings is 1. The first kappa shape index (κ1) is 20.6. The van der Waals surface area contributed by atoms with Crippen LogP contribution < -0.4 is 5.32 Å². The minimum absolute atomic E-state index is 0. The summed E-state index contributed by atoms with van der Waals surface area (Å²) in [6.45, 7) is 2.07. The second kappa shape index (κ2) is 8.60. The van der Waals surface area contributed by atoms with E-state index in [4.69, 9.17) is 0 Å². The largest absolute Gasteiger partial charge is 0.389 e. The number of piperazine rings is 1. The molecule has 1 aromatic rings. The molecule has 0 radical (unpaired) electrons. The molecular weight excluding hydrogens is 407 g/mol. The molecule has 1 aliphatic rings. The normalized spacial score (nSPS) is 17.7. The van der Waals surface area contributed by atoms with Crippen molar-refractivity contribution in [2.75, 3.05) is 26.2 Å². The van der Waals surface area contributed by atoms with Crippen LogP contribution in [0.2, 0.25) is 0 Å². The average molecular weight is 424 g/mol. The Labute approximate surface area is 146 Å².